The number of rotatable bonds is 14. The van der Waals surface area contributed by atoms with E-state index in [0.29, 0.717) is 17.2 Å². The molecule has 2 aliphatic rings. The molecule has 2 aromatic heterocycles. The van der Waals surface area contributed by atoms with Gasteiger partial charge in [0.05, 0.1) is 13.2 Å². The second-order valence-corrected chi connectivity index (χ2v) is 13.2. The van der Waals surface area contributed by atoms with Crippen molar-refractivity contribution in [2.75, 3.05) is 37.0 Å². The lowest BCUT2D eigenvalue weighted by Gasteiger charge is -2.49. The zero-order chi connectivity index (χ0) is 32.7. The Kier molecular flexibility index (Phi) is 11.2. The fraction of sp³-hybridized carbons (Fsp3) is 0.565. The first-order chi connectivity index (χ1) is 21.4. The number of nitrogen functional groups attached to an aromatic ring is 1. The van der Waals surface area contributed by atoms with Crippen LogP contribution in [0.1, 0.15) is 33.0 Å². The van der Waals surface area contributed by atoms with E-state index < -0.39 is 40.9 Å². The maximum atomic E-state index is 13.3. The highest BCUT2D eigenvalue weighted by atomic mass is 32.2. The number of β-lactam (4-membered cyclic amide) rings is 1. The molecule has 1 fully saturated rings. The number of nitrogens with two attached hydrogens (primary N) is 1. The number of nitrogens with one attached hydrogen (secondary N) is 2. The van der Waals surface area contributed by atoms with Crippen molar-refractivity contribution in [2.24, 2.45) is 5.16 Å². The Labute approximate surface area is 268 Å². The van der Waals surface area contributed by atoms with Crippen LogP contribution in [0.3, 0.4) is 0 Å². The Morgan fingerprint density at radius 2 is 2.07 bits per heavy atom. The van der Waals surface area contributed by atoms with E-state index in [1.165, 1.54) is 28.2 Å². The lowest BCUT2D eigenvalue weighted by atomic mass is 10.0. The molecule has 45 heavy (non-hydrogen) atoms. The van der Waals surface area contributed by atoms with Gasteiger partial charge < -0.3 is 36.2 Å². The molecule has 1 saturated heterocycles. The Morgan fingerprint density at radius 3 is 2.73 bits per heavy atom. The average molecular weight is 686 g/mol. The minimum Gasteiger partial charge on any atom is -0.477 e. The number of tetrazole rings is 1. The lowest BCUT2D eigenvalue weighted by Crippen LogP contribution is -2.71. The summed E-state index contributed by atoms with van der Waals surface area (Å²) in [4.78, 5) is 60.8. The van der Waals surface area contributed by atoms with E-state index in [-0.39, 0.29) is 60.2 Å². The number of hydrogen-bond donors (Lipinski definition) is 5. The van der Waals surface area contributed by atoms with E-state index >= 15 is 0 Å². The SMILES string of the molecule is CC(C)(C)OC(=O)NCCCO/N=C(/C(=O)NC1C(=O)N2C(C(=O)O)=C(CSc3nnnn3CCO)CS[C@H]12)c1nsc(N)n1. The van der Waals surface area contributed by atoms with Gasteiger partial charge in [-0.3, -0.25) is 14.5 Å². The number of anilines is 1. The number of oxime groups is 1. The van der Waals surface area contributed by atoms with Crippen LogP contribution < -0.4 is 16.4 Å². The van der Waals surface area contributed by atoms with Crippen LogP contribution >= 0.6 is 35.1 Å². The van der Waals surface area contributed by atoms with Crippen molar-refractivity contribution in [3.8, 4) is 0 Å². The largest absolute Gasteiger partial charge is 0.477 e. The van der Waals surface area contributed by atoms with Crippen molar-refractivity contribution >= 4 is 69.8 Å². The predicted octanol–water partition coefficient (Wildman–Crippen LogP) is -0.734. The zero-order valence-electron chi connectivity index (χ0n) is 24.3. The van der Waals surface area contributed by atoms with Gasteiger partial charge in [-0.1, -0.05) is 16.9 Å². The van der Waals surface area contributed by atoms with Crippen LogP contribution in [0.25, 0.3) is 0 Å². The second-order valence-electron chi connectivity index (χ2n) is 10.3. The molecule has 2 aromatic rings. The minimum atomic E-state index is -1.29. The monoisotopic (exact) mass is 685 g/mol. The van der Waals surface area contributed by atoms with E-state index in [0.717, 1.165) is 16.4 Å². The Balaban J connectivity index is 1.38. The molecular weight excluding hydrogens is 655 g/mol. The molecule has 2 aliphatic heterocycles. The summed E-state index contributed by atoms with van der Waals surface area (Å²) < 4.78 is 10.6. The van der Waals surface area contributed by atoms with Gasteiger partial charge >= 0.3 is 12.1 Å². The van der Waals surface area contributed by atoms with E-state index in [2.05, 4.69) is 40.7 Å². The van der Waals surface area contributed by atoms with Gasteiger partial charge in [0.15, 0.2) is 5.13 Å². The Bertz CT molecular complexity index is 1490. The summed E-state index contributed by atoms with van der Waals surface area (Å²) in [5.41, 5.74) is 5.01. The minimum absolute atomic E-state index is 0.0146. The number of carboxylic acid groups (broad SMARTS) is 1. The number of carbonyl (C=O) groups is 4. The fourth-order valence-corrected chi connectivity index (χ4v) is 6.78. The van der Waals surface area contributed by atoms with Gasteiger partial charge in [0.25, 0.3) is 11.8 Å². The molecular formula is C23H31N11O8S3. The van der Waals surface area contributed by atoms with E-state index in [1.54, 1.807) is 20.8 Å². The lowest BCUT2D eigenvalue weighted by molar-refractivity contribution is -0.150. The van der Waals surface area contributed by atoms with Crippen molar-refractivity contribution in [1.82, 2.24) is 45.1 Å². The van der Waals surface area contributed by atoms with Crippen molar-refractivity contribution < 1.29 is 39.0 Å². The molecule has 1 unspecified atom stereocenters. The number of fused-ring (bicyclic) bond motifs is 1. The number of aromatic nitrogens is 6. The van der Waals surface area contributed by atoms with Gasteiger partial charge in [-0.15, -0.1) is 16.9 Å². The molecule has 22 heteroatoms. The fourth-order valence-electron chi connectivity index (χ4n) is 3.96. The number of aliphatic hydroxyl groups excluding tert-OH is 1. The van der Waals surface area contributed by atoms with Crippen LogP contribution in [0.4, 0.5) is 9.93 Å². The van der Waals surface area contributed by atoms with Crippen molar-refractivity contribution in [3.05, 3.63) is 17.1 Å². The molecule has 244 valence electrons. The second kappa shape index (κ2) is 14.8. The van der Waals surface area contributed by atoms with E-state index in [4.69, 9.17) is 20.4 Å². The quantitative estimate of drug-likeness (QED) is 0.0539. The third-order valence-electron chi connectivity index (χ3n) is 5.83. The molecule has 0 spiro atoms. The zero-order valence-corrected chi connectivity index (χ0v) is 26.8. The third-order valence-corrected chi connectivity index (χ3v) is 8.75. The number of aliphatic hydroxyl groups is 1. The average Bonchev–Trinajstić information content (AvgIpc) is 3.61. The van der Waals surface area contributed by atoms with E-state index in [9.17, 15) is 24.3 Å². The van der Waals surface area contributed by atoms with Gasteiger partial charge in [0.1, 0.15) is 29.3 Å². The van der Waals surface area contributed by atoms with Gasteiger partial charge in [-0.2, -0.15) is 9.36 Å². The van der Waals surface area contributed by atoms with Gasteiger partial charge in [-0.05, 0) is 36.8 Å². The molecule has 0 aromatic carbocycles. The first-order valence-corrected chi connectivity index (χ1v) is 16.2. The van der Waals surface area contributed by atoms with Crippen LogP contribution in [0.15, 0.2) is 21.6 Å². The summed E-state index contributed by atoms with van der Waals surface area (Å²) in [7, 11) is 0. The van der Waals surface area contributed by atoms with Gasteiger partial charge in [-0.25, -0.2) is 14.3 Å². The molecule has 2 atom stereocenters. The van der Waals surface area contributed by atoms with Gasteiger partial charge in [0.2, 0.25) is 16.7 Å². The van der Waals surface area contributed by atoms with Crippen LogP contribution in [0.5, 0.6) is 0 Å². The summed E-state index contributed by atoms with van der Waals surface area (Å²) >= 11 is 3.29. The highest BCUT2D eigenvalue weighted by Crippen LogP contribution is 2.41. The van der Waals surface area contributed by atoms with Crippen LogP contribution in [-0.4, -0.2) is 123 Å². The topological polar surface area (TPSA) is 262 Å². The number of nitrogens with zero attached hydrogens (tertiary/aromatic N) is 8. The van der Waals surface area contributed by atoms with Crippen LogP contribution in [0, 0.1) is 0 Å². The smallest absolute Gasteiger partial charge is 0.407 e. The molecule has 0 aliphatic carbocycles. The van der Waals surface area contributed by atoms with Crippen molar-refractivity contribution in [2.45, 2.75) is 55.9 Å². The summed E-state index contributed by atoms with van der Waals surface area (Å²) in [6.45, 7) is 5.46. The number of hydrogen-bond acceptors (Lipinski definition) is 17. The van der Waals surface area contributed by atoms with Crippen LogP contribution in [0.2, 0.25) is 0 Å². The summed E-state index contributed by atoms with van der Waals surface area (Å²) in [5.74, 6) is -2.39. The molecule has 4 rings (SSSR count). The van der Waals surface area contributed by atoms with Crippen molar-refractivity contribution in [1.29, 1.82) is 0 Å². The molecule has 0 saturated carbocycles. The molecule has 4 heterocycles. The number of ether oxygens (including phenoxy) is 1. The highest BCUT2D eigenvalue weighted by molar-refractivity contribution is 8.01. The first-order valence-electron chi connectivity index (χ1n) is 13.4. The molecule has 0 bridgehead atoms. The van der Waals surface area contributed by atoms with E-state index in [1.807, 2.05) is 0 Å². The van der Waals surface area contributed by atoms with Crippen molar-refractivity contribution in [3.63, 3.8) is 0 Å². The Morgan fingerprint density at radius 1 is 1.29 bits per heavy atom. The molecule has 3 amide bonds. The number of thioether (sulfide) groups is 2. The molecule has 19 nitrogen and oxygen atoms in total. The number of amides is 3. The number of carboxylic acids is 1. The molecule has 6 N–H and O–H groups in total. The summed E-state index contributed by atoms with van der Waals surface area (Å²) in [6, 6.07) is -1.05. The summed E-state index contributed by atoms with van der Waals surface area (Å²) in [5, 5.41) is 39.2. The Hall–Kier alpha value is -4.02. The van der Waals surface area contributed by atoms with Crippen LogP contribution in [-0.2, 0) is 30.5 Å². The predicted molar refractivity (Wildman–Crippen MR) is 161 cm³/mol. The maximum Gasteiger partial charge on any atom is 0.407 e. The number of alkyl carbamates (subject to hydrolysis) is 1. The third kappa shape index (κ3) is 8.58. The van der Waals surface area contributed by atoms with Gasteiger partial charge in [0, 0.05) is 36.0 Å². The first kappa shape index (κ1) is 33.9. The maximum absolute atomic E-state index is 13.3. The number of aliphatic carboxylic acids is 1. The standard InChI is InChI=1S/C23H31N11O8S3/c1-23(2,3)42-22(40)25-5-4-8-41-29-12(15-27-20(24)45-30-15)16(36)26-13-17(37)34-14(19(38)39)11(9-43-18(13)34)10-44-21-28-31-32-33(21)6-7-35/h13,18,35H,4-10H2,1-3H3,(H,25,40)(H,26,36)(H,38,39)(H2,24,27,30)/b29-12+/t13?,18-/m1/s1. The normalized spacial score (nSPS) is 18.3. The number of carbonyl (C=O) groups excluding carboxylic acids is 3. The molecule has 0 radical (unpaired) electrons. The highest BCUT2D eigenvalue weighted by Gasteiger charge is 2.54. The summed E-state index contributed by atoms with van der Waals surface area (Å²) in [6.07, 6.45) is -0.250.